The molecule has 110 valence electrons. The number of anilines is 1. The van der Waals surface area contributed by atoms with Gasteiger partial charge < -0.3 is 21.3 Å². The van der Waals surface area contributed by atoms with E-state index in [2.05, 4.69) is 28.2 Å². The van der Waals surface area contributed by atoms with Crippen molar-refractivity contribution in [2.24, 2.45) is 0 Å². The van der Waals surface area contributed by atoms with Crippen LogP contribution in [0.15, 0.2) is 24.3 Å². The topological polar surface area (TPSA) is 82.3 Å². The van der Waals surface area contributed by atoms with Gasteiger partial charge in [-0.05, 0) is 31.7 Å². The summed E-state index contributed by atoms with van der Waals surface area (Å²) in [5, 5.41) is 11.0. The third-order valence-electron chi connectivity index (χ3n) is 3.02. The van der Waals surface area contributed by atoms with Crippen molar-refractivity contribution in [1.29, 1.82) is 0 Å². The first kappa shape index (κ1) is 16.0. The van der Waals surface area contributed by atoms with E-state index < -0.39 is 0 Å². The summed E-state index contributed by atoms with van der Waals surface area (Å²) < 4.78 is 0. The van der Waals surface area contributed by atoms with Gasteiger partial charge in [0.05, 0.1) is 0 Å². The molecule has 0 heterocycles. The molecule has 0 fully saturated rings. The summed E-state index contributed by atoms with van der Waals surface area (Å²) in [5.41, 5.74) is 1.87. The minimum Gasteiger partial charge on any atom is -0.359 e. The monoisotopic (exact) mass is 278 g/mol. The first-order valence-electron chi connectivity index (χ1n) is 6.59. The number of rotatable bonds is 6. The molecule has 0 bridgehead atoms. The third kappa shape index (κ3) is 5.27. The number of carbonyl (C=O) groups excluding carboxylic acids is 2. The molecule has 0 aliphatic carbocycles. The Bertz CT molecular complexity index is 445. The molecule has 0 aliphatic rings. The largest absolute Gasteiger partial charge is 0.359 e. The summed E-state index contributed by atoms with van der Waals surface area (Å²) in [6.45, 7) is 2.37. The van der Waals surface area contributed by atoms with Crippen molar-refractivity contribution in [2.45, 2.75) is 19.4 Å². The summed E-state index contributed by atoms with van der Waals surface area (Å²) in [5.74, 6) is -0.101. The van der Waals surface area contributed by atoms with Gasteiger partial charge in [0.2, 0.25) is 5.91 Å². The summed E-state index contributed by atoms with van der Waals surface area (Å²) in [6, 6.07) is 7.57. The molecule has 0 spiro atoms. The van der Waals surface area contributed by atoms with Crippen LogP contribution in [0, 0.1) is 0 Å². The molecule has 0 aliphatic heterocycles. The lowest BCUT2D eigenvalue weighted by molar-refractivity contribution is -0.120. The third-order valence-corrected chi connectivity index (χ3v) is 3.02. The summed E-state index contributed by atoms with van der Waals surface area (Å²) in [6.07, 6.45) is 0.266. The molecule has 0 aromatic heterocycles. The van der Waals surface area contributed by atoms with E-state index in [0.717, 1.165) is 11.3 Å². The molecular weight excluding hydrogens is 256 g/mol. The minimum absolute atomic E-state index is 0.101. The standard InChI is InChI=1S/C14H22N4O2/c1-10(15-2)11-4-6-12(7-5-11)18-14(20)17-9-8-13(19)16-3/h4-7,10,15H,8-9H2,1-3H3,(H,16,19)(H2,17,18,20). The maximum atomic E-state index is 11.6. The normalized spacial score (nSPS) is 11.6. The van der Waals surface area contributed by atoms with E-state index >= 15 is 0 Å². The second-order valence-electron chi connectivity index (χ2n) is 4.44. The lowest BCUT2D eigenvalue weighted by Gasteiger charge is -2.12. The van der Waals surface area contributed by atoms with Crippen LogP contribution in [0.2, 0.25) is 0 Å². The summed E-state index contributed by atoms with van der Waals surface area (Å²) in [4.78, 5) is 22.6. The zero-order valence-electron chi connectivity index (χ0n) is 12.1. The molecule has 0 saturated heterocycles. The SMILES string of the molecule is CNC(=O)CCNC(=O)Nc1ccc(C(C)NC)cc1. The summed E-state index contributed by atoms with van der Waals surface area (Å²) >= 11 is 0. The van der Waals surface area contributed by atoms with Gasteiger partial charge in [-0.2, -0.15) is 0 Å². The maximum Gasteiger partial charge on any atom is 0.319 e. The number of benzene rings is 1. The highest BCUT2D eigenvalue weighted by Crippen LogP contribution is 2.15. The van der Waals surface area contributed by atoms with Crippen LogP contribution in [0.5, 0.6) is 0 Å². The smallest absolute Gasteiger partial charge is 0.319 e. The Balaban J connectivity index is 2.40. The molecule has 4 N–H and O–H groups in total. The molecule has 0 saturated carbocycles. The first-order chi connectivity index (χ1) is 9.56. The van der Waals surface area contributed by atoms with Crippen molar-refractivity contribution in [3.8, 4) is 0 Å². The highest BCUT2D eigenvalue weighted by molar-refractivity contribution is 5.89. The number of hydrogen-bond acceptors (Lipinski definition) is 3. The zero-order chi connectivity index (χ0) is 15.0. The van der Waals surface area contributed by atoms with Crippen LogP contribution in [0.1, 0.15) is 24.9 Å². The summed E-state index contributed by atoms with van der Waals surface area (Å²) in [7, 11) is 3.47. The molecule has 1 aromatic rings. The van der Waals surface area contributed by atoms with Gasteiger partial charge in [-0.3, -0.25) is 4.79 Å². The van der Waals surface area contributed by atoms with E-state index in [9.17, 15) is 9.59 Å². The van der Waals surface area contributed by atoms with E-state index in [1.165, 1.54) is 0 Å². The molecule has 1 rings (SSSR count). The van der Waals surface area contributed by atoms with Gasteiger partial charge in [0.15, 0.2) is 0 Å². The van der Waals surface area contributed by atoms with E-state index in [1.807, 2.05) is 31.3 Å². The number of urea groups is 1. The number of hydrogen-bond donors (Lipinski definition) is 4. The van der Waals surface area contributed by atoms with Gasteiger partial charge in [-0.15, -0.1) is 0 Å². The fourth-order valence-corrected chi connectivity index (χ4v) is 1.61. The lowest BCUT2D eigenvalue weighted by Crippen LogP contribution is -2.32. The van der Waals surface area contributed by atoms with E-state index in [0.29, 0.717) is 6.54 Å². The molecule has 0 radical (unpaired) electrons. The average Bonchev–Trinajstić information content (AvgIpc) is 2.47. The van der Waals surface area contributed by atoms with Crippen molar-refractivity contribution in [3.05, 3.63) is 29.8 Å². The van der Waals surface area contributed by atoms with Crippen molar-refractivity contribution in [2.75, 3.05) is 26.0 Å². The molecule has 6 heteroatoms. The van der Waals surface area contributed by atoms with Crippen LogP contribution in [0.3, 0.4) is 0 Å². The fourth-order valence-electron chi connectivity index (χ4n) is 1.61. The molecule has 3 amide bonds. The van der Waals surface area contributed by atoms with Gasteiger partial charge in [0.1, 0.15) is 0 Å². The first-order valence-corrected chi connectivity index (χ1v) is 6.59. The van der Waals surface area contributed by atoms with Crippen molar-refractivity contribution in [1.82, 2.24) is 16.0 Å². The molecule has 20 heavy (non-hydrogen) atoms. The maximum absolute atomic E-state index is 11.6. The Hall–Kier alpha value is -2.08. The minimum atomic E-state index is -0.316. The predicted molar refractivity (Wildman–Crippen MR) is 79.6 cm³/mol. The number of amides is 3. The second kappa shape index (κ2) is 8.16. The van der Waals surface area contributed by atoms with Gasteiger partial charge in [-0.1, -0.05) is 12.1 Å². The quantitative estimate of drug-likeness (QED) is 0.631. The van der Waals surface area contributed by atoms with Gasteiger partial charge in [0, 0.05) is 31.7 Å². The second-order valence-corrected chi connectivity index (χ2v) is 4.44. The predicted octanol–water partition coefficient (Wildman–Crippen LogP) is 1.22. The molecular formula is C14H22N4O2. The Morgan fingerprint density at radius 1 is 1.15 bits per heavy atom. The highest BCUT2D eigenvalue weighted by atomic mass is 16.2. The van der Waals surface area contributed by atoms with Gasteiger partial charge in [0.25, 0.3) is 0 Å². The Morgan fingerprint density at radius 2 is 1.80 bits per heavy atom. The van der Waals surface area contributed by atoms with Crippen molar-refractivity contribution in [3.63, 3.8) is 0 Å². The van der Waals surface area contributed by atoms with E-state index in [1.54, 1.807) is 7.05 Å². The Labute approximate surface area is 119 Å². The lowest BCUT2D eigenvalue weighted by atomic mass is 10.1. The fraction of sp³-hybridized carbons (Fsp3) is 0.429. The Kier molecular flexibility index (Phi) is 6.52. The van der Waals surface area contributed by atoms with E-state index in [-0.39, 0.29) is 24.4 Å². The van der Waals surface area contributed by atoms with Crippen LogP contribution < -0.4 is 21.3 Å². The van der Waals surface area contributed by atoms with Crippen LogP contribution in [-0.4, -0.2) is 32.6 Å². The van der Waals surface area contributed by atoms with Crippen LogP contribution in [0.25, 0.3) is 0 Å². The average molecular weight is 278 g/mol. The molecule has 1 aromatic carbocycles. The van der Waals surface area contributed by atoms with Crippen molar-refractivity contribution < 1.29 is 9.59 Å². The molecule has 1 atom stereocenters. The van der Waals surface area contributed by atoms with Gasteiger partial charge in [-0.25, -0.2) is 4.79 Å². The van der Waals surface area contributed by atoms with Crippen molar-refractivity contribution >= 4 is 17.6 Å². The van der Waals surface area contributed by atoms with Crippen LogP contribution >= 0.6 is 0 Å². The molecule has 6 nitrogen and oxygen atoms in total. The Morgan fingerprint density at radius 3 is 2.35 bits per heavy atom. The van der Waals surface area contributed by atoms with Gasteiger partial charge >= 0.3 is 6.03 Å². The highest BCUT2D eigenvalue weighted by Gasteiger charge is 2.05. The zero-order valence-corrected chi connectivity index (χ0v) is 12.1. The number of nitrogens with one attached hydrogen (secondary N) is 4. The van der Waals surface area contributed by atoms with E-state index in [4.69, 9.17) is 0 Å². The van der Waals surface area contributed by atoms with Crippen LogP contribution in [0.4, 0.5) is 10.5 Å². The number of carbonyl (C=O) groups is 2. The molecule has 1 unspecified atom stereocenters. The van der Waals surface area contributed by atoms with Crippen LogP contribution in [-0.2, 0) is 4.79 Å².